The average Bonchev–Trinajstić information content (AvgIpc) is 3.46. The molecule has 2 N–H and O–H groups in total. The minimum atomic E-state index is -1.06. The molecule has 1 unspecified atom stereocenters. The number of ether oxygens (including phenoxy) is 2. The van der Waals surface area contributed by atoms with Crippen LogP contribution in [0.5, 0.6) is 17.2 Å². The van der Waals surface area contributed by atoms with Crippen molar-refractivity contribution in [2.75, 3.05) is 19.1 Å². The first-order valence-corrected chi connectivity index (χ1v) is 12.6. The molecule has 1 atom stereocenters. The Hall–Kier alpha value is -4.43. The first-order chi connectivity index (χ1) is 18.6. The fourth-order valence-corrected chi connectivity index (χ4v) is 5.01. The van der Waals surface area contributed by atoms with E-state index in [1.807, 2.05) is 12.1 Å². The number of hydrogen-bond donors (Lipinski definition) is 2. The molecule has 9 heteroatoms. The van der Waals surface area contributed by atoms with Gasteiger partial charge in [-0.3, -0.25) is 14.5 Å². The molecule has 4 aromatic rings. The highest BCUT2D eigenvalue weighted by Crippen LogP contribution is 2.44. The molecule has 0 bridgehead atoms. The molecule has 5 rings (SSSR count). The molecule has 0 saturated carbocycles. The van der Waals surface area contributed by atoms with Crippen molar-refractivity contribution in [3.05, 3.63) is 93.9 Å². The van der Waals surface area contributed by atoms with Gasteiger partial charge in [-0.15, -0.1) is 0 Å². The SMILES string of the molecule is COc1ccc(C2C(C(=O)c3cc4cc(Cl)cc(OC)c4o3)=C(O)C(=O)N2c2ccc(C(C)C)cc2)cc1O. The molecule has 0 saturated heterocycles. The summed E-state index contributed by atoms with van der Waals surface area (Å²) in [5.41, 5.74) is 2.03. The summed E-state index contributed by atoms with van der Waals surface area (Å²) in [6.45, 7) is 4.11. The summed E-state index contributed by atoms with van der Waals surface area (Å²) >= 11 is 6.18. The van der Waals surface area contributed by atoms with Crippen LogP contribution in [0.15, 0.2) is 76.4 Å². The third-order valence-electron chi connectivity index (χ3n) is 6.80. The number of phenolic OH excluding ortho intramolecular Hbond substituents is 1. The number of rotatable bonds is 7. The number of aromatic hydroxyl groups is 1. The number of methoxy groups -OCH3 is 2. The number of nitrogens with zero attached hydrogens (tertiary/aromatic N) is 1. The lowest BCUT2D eigenvalue weighted by Gasteiger charge is -2.27. The van der Waals surface area contributed by atoms with E-state index in [4.69, 9.17) is 25.5 Å². The zero-order chi connectivity index (χ0) is 28.0. The van der Waals surface area contributed by atoms with Gasteiger partial charge in [-0.1, -0.05) is 43.6 Å². The van der Waals surface area contributed by atoms with Gasteiger partial charge in [0.25, 0.3) is 5.91 Å². The summed E-state index contributed by atoms with van der Waals surface area (Å²) in [6, 6.07) is 15.5. The number of amides is 1. The van der Waals surface area contributed by atoms with Crippen molar-refractivity contribution in [2.45, 2.75) is 25.8 Å². The Morgan fingerprint density at radius 2 is 1.67 bits per heavy atom. The van der Waals surface area contributed by atoms with Gasteiger partial charge in [-0.2, -0.15) is 0 Å². The van der Waals surface area contributed by atoms with Gasteiger partial charge < -0.3 is 24.1 Å². The molecule has 0 aliphatic carbocycles. The van der Waals surface area contributed by atoms with E-state index in [9.17, 15) is 19.8 Å². The minimum absolute atomic E-state index is 0.111. The molecule has 0 fully saturated rings. The van der Waals surface area contributed by atoms with Gasteiger partial charge in [-0.25, -0.2) is 0 Å². The molecule has 1 aliphatic rings. The van der Waals surface area contributed by atoms with Crippen LogP contribution >= 0.6 is 11.6 Å². The molecule has 0 spiro atoms. The predicted molar refractivity (Wildman–Crippen MR) is 147 cm³/mol. The fraction of sp³-hybridized carbons (Fsp3) is 0.200. The van der Waals surface area contributed by atoms with E-state index in [2.05, 4.69) is 13.8 Å². The molecule has 1 amide bonds. The topological polar surface area (TPSA) is 109 Å². The number of anilines is 1. The zero-order valence-electron chi connectivity index (χ0n) is 21.7. The van der Waals surface area contributed by atoms with E-state index < -0.39 is 23.5 Å². The Labute approximate surface area is 229 Å². The molecule has 2 heterocycles. The number of carbonyl (C=O) groups is 2. The van der Waals surface area contributed by atoms with Crippen LogP contribution < -0.4 is 14.4 Å². The van der Waals surface area contributed by atoms with Crippen molar-refractivity contribution in [3.8, 4) is 17.2 Å². The Balaban J connectivity index is 1.66. The number of carbonyl (C=O) groups excluding carboxylic acids is 2. The summed E-state index contributed by atoms with van der Waals surface area (Å²) in [5, 5.41) is 22.5. The van der Waals surface area contributed by atoms with E-state index >= 15 is 0 Å². The largest absolute Gasteiger partial charge is 0.504 e. The van der Waals surface area contributed by atoms with Gasteiger partial charge >= 0.3 is 0 Å². The van der Waals surface area contributed by atoms with Crippen LogP contribution in [0.1, 0.15) is 47.5 Å². The average molecular weight is 548 g/mol. The number of hydrogen-bond acceptors (Lipinski definition) is 7. The molecular weight excluding hydrogens is 522 g/mol. The third-order valence-corrected chi connectivity index (χ3v) is 7.02. The number of furan rings is 1. The lowest BCUT2D eigenvalue weighted by atomic mass is 9.94. The van der Waals surface area contributed by atoms with Gasteiger partial charge in [0, 0.05) is 22.2 Å². The van der Waals surface area contributed by atoms with Crippen LogP contribution in [0.2, 0.25) is 5.02 Å². The number of phenols is 1. The van der Waals surface area contributed by atoms with Crippen LogP contribution in [0.25, 0.3) is 11.0 Å². The van der Waals surface area contributed by atoms with Crippen molar-refractivity contribution < 1.29 is 33.7 Å². The summed E-state index contributed by atoms with van der Waals surface area (Å²) in [5.74, 6) is -1.63. The second kappa shape index (κ2) is 10.0. The van der Waals surface area contributed by atoms with Crippen LogP contribution in [-0.4, -0.2) is 36.1 Å². The van der Waals surface area contributed by atoms with Crippen LogP contribution in [-0.2, 0) is 4.79 Å². The molecule has 39 heavy (non-hydrogen) atoms. The second-order valence-corrected chi connectivity index (χ2v) is 9.92. The maximum Gasteiger partial charge on any atom is 0.294 e. The van der Waals surface area contributed by atoms with Gasteiger partial charge in [0.1, 0.15) is 0 Å². The summed E-state index contributed by atoms with van der Waals surface area (Å²) < 4.78 is 16.4. The summed E-state index contributed by atoms with van der Waals surface area (Å²) in [4.78, 5) is 28.7. The van der Waals surface area contributed by atoms with E-state index in [-0.39, 0.29) is 28.8 Å². The van der Waals surface area contributed by atoms with E-state index in [0.29, 0.717) is 33.0 Å². The predicted octanol–water partition coefficient (Wildman–Crippen LogP) is 6.72. The summed E-state index contributed by atoms with van der Waals surface area (Å²) in [6.07, 6.45) is 0. The monoisotopic (exact) mass is 547 g/mol. The molecule has 1 aromatic heterocycles. The Morgan fingerprint density at radius 3 is 2.28 bits per heavy atom. The number of Topliss-reactive ketones (excluding diaryl/α,β-unsaturated/α-hetero) is 1. The smallest absolute Gasteiger partial charge is 0.294 e. The van der Waals surface area contributed by atoms with Gasteiger partial charge in [0.15, 0.2) is 34.4 Å². The van der Waals surface area contributed by atoms with Crippen molar-refractivity contribution in [1.82, 2.24) is 0 Å². The molecular formula is C30H26ClNO7. The van der Waals surface area contributed by atoms with Crippen LogP contribution in [0.3, 0.4) is 0 Å². The van der Waals surface area contributed by atoms with Crippen LogP contribution in [0, 0.1) is 0 Å². The third kappa shape index (κ3) is 4.46. The van der Waals surface area contributed by atoms with Gasteiger partial charge in [0.2, 0.25) is 5.78 Å². The number of aliphatic hydroxyl groups is 1. The molecule has 200 valence electrons. The lowest BCUT2D eigenvalue weighted by molar-refractivity contribution is -0.117. The maximum atomic E-state index is 13.9. The number of halogens is 1. The normalized spacial score (nSPS) is 15.5. The number of aliphatic hydroxyl groups excluding tert-OH is 1. The number of ketones is 1. The Morgan fingerprint density at radius 1 is 0.974 bits per heavy atom. The number of benzene rings is 3. The molecule has 8 nitrogen and oxygen atoms in total. The van der Waals surface area contributed by atoms with Crippen molar-refractivity contribution in [3.63, 3.8) is 0 Å². The zero-order valence-corrected chi connectivity index (χ0v) is 22.4. The highest BCUT2D eigenvalue weighted by atomic mass is 35.5. The molecule has 3 aromatic carbocycles. The van der Waals surface area contributed by atoms with Gasteiger partial charge in [0.05, 0.1) is 25.8 Å². The quantitative estimate of drug-likeness (QED) is 0.247. The van der Waals surface area contributed by atoms with Crippen LogP contribution in [0.4, 0.5) is 5.69 Å². The first kappa shape index (κ1) is 26.2. The summed E-state index contributed by atoms with van der Waals surface area (Å²) in [7, 11) is 2.87. The van der Waals surface area contributed by atoms with E-state index in [1.54, 1.807) is 30.3 Å². The van der Waals surface area contributed by atoms with Crippen molar-refractivity contribution in [1.29, 1.82) is 0 Å². The van der Waals surface area contributed by atoms with E-state index in [1.165, 1.54) is 37.3 Å². The standard InChI is InChI=1S/C30H26ClNO7/c1-15(2)16-5-8-20(9-6-16)32-26(17-7-10-22(37-3)21(33)12-17)25(28(35)30(32)36)27(34)23-13-18-11-19(31)14-24(38-4)29(18)39-23/h5-15,26,33,35H,1-4H3. The molecule has 0 radical (unpaired) electrons. The fourth-order valence-electron chi connectivity index (χ4n) is 4.80. The lowest BCUT2D eigenvalue weighted by Crippen LogP contribution is -2.31. The Bertz CT molecular complexity index is 1640. The second-order valence-electron chi connectivity index (χ2n) is 9.48. The first-order valence-electron chi connectivity index (χ1n) is 12.2. The maximum absolute atomic E-state index is 13.9. The Kier molecular flexibility index (Phi) is 6.74. The number of fused-ring (bicyclic) bond motifs is 1. The van der Waals surface area contributed by atoms with Crippen molar-refractivity contribution in [2.24, 2.45) is 0 Å². The van der Waals surface area contributed by atoms with Crippen molar-refractivity contribution >= 4 is 39.9 Å². The highest BCUT2D eigenvalue weighted by molar-refractivity contribution is 6.31. The minimum Gasteiger partial charge on any atom is -0.504 e. The van der Waals surface area contributed by atoms with Gasteiger partial charge in [-0.05, 0) is 53.4 Å². The van der Waals surface area contributed by atoms with E-state index in [0.717, 1.165) is 5.56 Å². The molecule has 1 aliphatic heterocycles. The highest BCUT2D eigenvalue weighted by Gasteiger charge is 2.45.